The van der Waals surface area contributed by atoms with Gasteiger partial charge in [0.1, 0.15) is 0 Å². The largest absolute Gasteiger partial charge is 0.390 e. The molecule has 1 N–H and O–H groups in total. The Kier molecular flexibility index (Phi) is 7.81. The first-order chi connectivity index (χ1) is 4.27. The average molecular weight is 201 g/mol. The van der Waals surface area contributed by atoms with Gasteiger partial charge in [-0.3, -0.25) is 0 Å². The standard InChI is InChI=1S/C8H16O.2ClH/c1-2-8(9)6-4-3-5-7-8;;/h9H,2-7H2,1H3;2*1H. The van der Waals surface area contributed by atoms with E-state index >= 15 is 0 Å². The second-order valence-electron chi connectivity index (χ2n) is 3.14. The Hall–Kier alpha value is 0.540. The lowest BCUT2D eigenvalue weighted by Crippen LogP contribution is -2.29. The van der Waals surface area contributed by atoms with Gasteiger partial charge in [0.25, 0.3) is 0 Å². The summed E-state index contributed by atoms with van der Waals surface area (Å²) in [5.41, 5.74) is -0.280. The van der Waals surface area contributed by atoms with Crippen molar-refractivity contribution in [1.29, 1.82) is 0 Å². The van der Waals surface area contributed by atoms with Crippen molar-refractivity contribution in [2.45, 2.75) is 51.0 Å². The Balaban J connectivity index is 0. The van der Waals surface area contributed by atoms with Crippen LogP contribution in [0.3, 0.4) is 0 Å². The molecule has 0 aromatic carbocycles. The van der Waals surface area contributed by atoms with Crippen LogP contribution in [0.5, 0.6) is 0 Å². The van der Waals surface area contributed by atoms with E-state index in [0.29, 0.717) is 0 Å². The highest BCUT2D eigenvalue weighted by Gasteiger charge is 2.26. The second kappa shape index (κ2) is 6.10. The summed E-state index contributed by atoms with van der Waals surface area (Å²) in [7, 11) is 0. The van der Waals surface area contributed by atoms with Crippen molar-refractivity contribution in [2.75, 3.05) is 0 Å². The van der Waals surface area contributed by atoms with Crippen LogP contribution in [-0.2, 0) is 0 Å². The van der Waals surface area contributed by atoms with E-state index in [1.165, 1.54) is 19.3 Å². The molecular formula is C8H18Cl2O. The molecule has 0 aliphatic heterocycles. The molecule has 1 saturated carbocycles. The molecule has 1 aliphatic carbocycles. The van der Waals surface area contributed by atoms with Crippen molar-refractivity contribution in [2.24, 2.45) is 0 Å². The normalized spacial score (nSPS) is 21.3. The maximum Gasteiger partial charge on any atom is 0.0645 e. The summed E-state index contributed by atoms with van der Waals surface area (Å²) >= 11 is 0. The van der Waals surface area contributed by atoms with E-state index in [9.17, 15) is 5.11 Å². The molecule has 1 nitrogen and oxygen atoms in total. The molecule has 0 spiro atoms. The minimum absolute atomic E-state index is 0. The molecule has 0 amide bonds. The highest BCUT2D eigenvalue weighted by atomic mass is 35.5. The third-order valence-electron chi connectivity index (χ3n) is 2.44. The molecule has 1 fully saturated rings. The second-order valence-corrected chi connectivity index (χ2v) is 3.14. The highest BCUT2D eigenvalue weighted by Crippen LogP contribution is 2.30. The van der Waals surface area contributed by atoms with Crippen LogP contribution in [0.25, 0.3) is 0 Å². The first kappa shape index (κ1) is 14.1. The lowest BCUT2D eigenvalue weighted by Gasteiger charge is -2.30. The summed E-state index contributed by atoms with van der Waals surface area (Å²) in [6.45, 7) is 2.07. The molecule has 3 heteroatoms. The molecule has 0 aromatic heterocycles. The van der Waals surface area contributed by atoms with Gasteiger partial charge in [-0.1, -0.05) is 26.2 Å². The summed E-state index contributed by atoms with van der Waals surface area (Å²) < 4.78 is 0. The molecule has 0 saturated heterocycles. The Labute approximate surface area is 81.4 Å². The number of aliphatic hydroxyl groups is 1. The fourth-order valence-electron chi connectivity index (χ4n) is 1.56. The van der Waals surface area contributed by atoms with Crippen molar-refractivity contribution in [1.82, 2.24) is 0 Å². The maximum absolute atomic E-state index is 9.68. The van der Waals surface area contributed by atoms with Crippen LogP contribution in [0.4, 0.5) is 0 Å². The van der Waals surface area contributed by atoms with Gasteiger partial charge in [-0.2, -0.15) is 0 Å². The molecule has 1 aliphatic rings. The van der Waals surface area contributed by atoms with E-state index in [1.807, 2.05) is 0 Å². The molecule has 0 aromatic rings. The minimum atomic E-state index is -0.280. The van der Waals surface area contributed by atoms with Gasteiger partial charge in [-0.15, -0.1) is 24.8 Å². The van der Waals surface area contributed by atoms with E-state index in [-0.39, 0.29) is 30.4 Å². The van der Waals surface area contributed by atoms with E-state index in [0.717, 1.165) is 19.3 Å². The van der Waals surface area contributed by atoms with Crippen molar-refractivity contribution in [3.8, 4) is 0 Å². The van der Waals surface area contributed by atoms with E-state index < -0.39 is 0 Å². The van der Waals surface area contributed by atoms with Crippen LogP contribution in [0.2, 0.25) is 0 Å². The van der Waals surface area contributed by atoms with Gasteiger partial charge in [0, 0.05) is 0 Å². The smallest absolute Gasteiger partial charge is 0.0645 e. The Morgan fingerprint density at radius 2 is 1.55 bits per heavy atom. The van der Waals surface area contributed by atoms with E-state index in [1.54, 1.807) is 0 Å². The van der Waals surface area contributed by atoms with Crippen molar-refractivity contribution in [3.63, 3.8) is 0 Å². The lowest BCUT2D eigenvalue weighted by atomic mass is 9.83. The SMILES string of the molecule is CCC1(O)CCCCC1.Cl.Cl. The van der Waals surface area contributed by atoms with Gasteiger partial charge in [-0.05, 0) is 19.3 Å². The Morgan fingerprint density at radius 3 is 1.82 bits per heavy atom. The van der Waals surface area contributed by atoms with Crippen molar-refractivity contribution in [3.05, 3.63) is 0 Å². The Bertz CT molecular complexity index is 90.1. The van der Waals surface area contributed by atoms with Crippen molar-refractivity contribution < 1.29 is 5.11 Å². The van der Waals surface area contributed by atoms with Crippen LogP contribution >= 0.6 is 24.8 Å². The first-order valence-corrected chi connectivity index (χ1v) is 3.99. The average Bonchev–Trinajstić information content (AvgIpc) is 1.90. The monoisotopic (exact) mass is 200 g/mol. The molecule has 1 rings (SSSR count). The van der Waals surface area contributed by atoms with Crippen LogP contribution in [-0.4, -0.2) is 10.7 Å². The zero-order valence-electron chi connectivity index (χ0n) is 7.01. The fourth-order valence-corrected chi connectivity index (χ4v) is 1.56. The van der Waals surface area contributed by atoms with E-state index in [2.05, 4.69) is 6.92 Å². The van der Waals surface area contributed by atoms with Crippen molar-refractivity contribution >= 4 is 24.8 Å². The van der Waals surface area contributed by atoms with Gasteiger partial charge in [0.05, 0.1) is 5.60 Å². The summed E-state index contributed by atoms with van der Waals surface area (Å²) in [5, 5.41) is 9.68. The minimum Gasteiger partial charge on any atom is -0.390 e. The number of hydrogen-bond donors (Lipinski definition) is 1. The third-order valence-corrected chi connectivity index (χ3v) is 2.44. The van der Waals surface area contributed by atoms with Crippen LogP contribution in [0, 0.1) is 0 Å². The van der Waals surface area contributed by atoms with Gasteiger partial charge < -0.3 is 5.11 Å². The van der Waals surface area contributed by atoms with Gasteiger partial charge >= 0.3 is 0 Å². The zero-order valence-corrected chi connectivity index (χ0v) is 8.64. The third kappa shape index (κ3) is 4.19. The molecule has 0 radical (unpaired) electrons. The number of hydrogen-bond acceptors (Lipinski definition) is 1. The van der Waals surface area contributed by atoms with Crippen LogP contribution in [0.1, 0.15) is 45.4 Å². The molecular weight excluding hydrogens is 183 g/mol. The molecule has 0 atom stereocenters. The first-order valence-electron chi connectivity index (χ1n) is 3.99. The van der Waals surface area contributed by atoms with Gasteiger partial charge in [0.2, 0.25) is 0 Å². The number of rotatable bonds is 1. The highest BCUT2D eigenvalue weighted by molar-refractivity contribution is 5.85. The summed E-state index contributed by atoms with van der Waals surface area (Å²) in [4.78, 5) is 0. The molecule has 0 unspecified atom stereocenters. The Morgan fingerprint density at radius 1 is 1.09 bits per heavy atom. The number of halogens is 2. The molecule has 0 bridgehead atoms. The maximum atomic E-state index is 9.68. The van der Waals surface area contributed by atoms with Crippen LogP contribution < -0.4 is 0 Å². The summed E-state index contributed by atoms with van der Waals surface area (Å²) in [5.74, 6) is 0. The molecule has 11 heavy (non-hydrogen) atoms. The quantitative estimate of drug-likeness (QED) is 0.691. The predicted molar refractivity (Wildman–Crippen MR) is 52.8 cm³/mol. The summed E-state index contributed by atoms with van der Waals surface area (Å²) in [6.07, 6.45) is 6.77. The van der Waals surface area contributed by atoms with E-state index in [4.69, 9.17) is 0 Å². The van der Waals surface area contributed by atoms with Gasteiger partial charge in [0.15, 0.2) is 0 Å². The zero-order chi connectivity index (χ0) is 6.74. The lowest BCUT2D eigenvalue weighted by molar-refractivity contribution is 0.000673. The molecule has 70 valence electrons. The van der Waals surface area contributed by atoms with Gasteiger partial charge in [-0.25, -0.2) is 0 Å². The van der Waals surface area contributed by atoms with Crippen LogP contribution in [0.15, 0.2) is 0 Å². The topological polar surface area (TPSA) is 20.2 Å². The fraction of sp³-hybridized carbons (Fsp3) is 1.00. The summed E-state index contributed by atoms with van der Waals surface area (Å²) in [6, 6.07) is 0. The molecule has 0 heterocycles. The predicted octanol–water partition coefficient (Wildman–Crippen LogP) is 2.94.